The average Bonchev–Trinajstić information content (AvgIpc) is 3.30. The number of rotatable bonds is 7. The lowest BCUT2D eigenvalue weighted by molar-refractivity contribution is 0.0607. The summed E-state index contributed by atoms with van der Waals surface area (Å²) in [7, 11) is 0. The van der Waals surface area contributed by atoms with Crippen LogP contribution in [-0.4, -0.2) is 48.9 Å². The molecule has 6 rings (SSSR count). The third kappa shape index (κ3) is 4.98. The van der Waals surface area contributed by atoms with Gasteiger partial charge in [-0.25, -0.2) is 0 Å². The molecular weight excluding hydrogens is 450 g/mol. The number of para-hydroxylation sites is 1. The van der Waals surface area contributed by atoms with Gasteiger partial charge >= 0.3 is 0 Å². The molecule has 0 spiro atoms. The van der Waals surface area contributed by atoms with Crippen molar-refractivity contribution in [3.05, 3.63) is 59.9 Å². The number of amides is 2. The third-order valence-electron chi connectivity index (χ3n) is 6.99. The van der Waals surface area contributed by atoms with Gasteiger partial charge in [0.05, 0.1) is 0 Å². The molecule has 3 aliphatic heterocycles. The first kappa shape index (κ1) is 24.3. The third-order valence-corrected chi connectivity index (χ3v) is 6.99. The van der Waals surface area contributed by atoms with Gasteiger partial charge in [0.2, 0.25) is 0 Å². The van der Waals surface area contributed by atoms with Crippen molar-refractivity contribution in [2.75, 3.05) is 26.2 Å². The molecule has 0 saturated carbocycles. The predicted molar refractivity (Wildman–Crippen MR) is 137 cm³/mol. The van der Waals surface area contributed by atoms with Gasteiger partial charge < -0.3 is 20.0 Å². The van der Waals surface area contributed by atoms with Crippen molar-refractivity contribution in [3.63, 3.8) is 0 Å². The van der Waals surface area contributed by atoms with E-state index in [1.807, 2.05) is 48.5 Å². The molecule has 1 aromatic heterocycles. The van der Waals surface area contributed by atoms with E-state index in [2.05, 4.69) is 22.5 Å². The Bertz CT molecular complexity index is 1170. The Morgan fingerprint density at radius 1 is 1.06 bits per heavy atom. The van der Waals surface area contributed by atoms with Crippen molar-refractivity contribution in [1.82, 2.24) is 15.5 Å². The normalized spacial score (nSPS) is 21.1. The lowest BCUT2D eigenvalue weighted by Crippen LogP contribution is -2.57. The topological polar surface area (TPSA) is 74.6 Å². The molecule has 180 valence electrons. The van der Waals surface area contributed by atoms with Crippen LogP contribution in [0.1, 0.15) is 53.5 Å². The van der Waals surface area contributed by atoms with Crippen molar-refractivity contribution in [3.8, 4) is 11.1 Å². The second kappa shape index (κ2) is 10.6. The van der Waals surface area contributed by atoms with Crippen molar-refractivity contribution in [1.29, 1.82) is 0 Å². The van der Waals surface area contributed by atoms with E-state index in [4.69, 9.17) is 4.42 Å². The van der Waals surface area contributed by atoms with E-state index in [-0.39, 0.29) is 30.3 Å². The van der Waals surface area contributed by atoms with Crippen LogP contribution in [0.15, 0.2) is 52.9 Å². The van der Waals surface area contributed by atoms with Gasteiger partial charge in [-0.3, -0.25) is 9.59 Å². The van der Waals surface area contributed by atoms with E-state index in [9.17, 15) is 9.59 Å². The van der Waals surface area contributed by atoms with E-state index in [1.165, 1.54) is 0 Å². The minimum Gasteiger partial charge on any atom is -0.450 e. The number of carbonyl (C=O) groups is 2. The van der Waals surface area contributed by atoms with Crippen LogP contribution < -0.4 is 10.6 Å². The van der Waals surface area contributed by atoms with E-state index in [0.717, 1.165) is 61.8 Å². The fourth-order valence-corrected chi connectivity index (χ4v) is 5.08. The number of halogens is 1. The Balaban J connectivity index is 0.00000274. The zero-order chi connectivity index (χ0) is 22.8. The Kier molecular flexibility index (Phi) is 7.59. The van der Waals surface area contributed by atoms with Gasteiger partial charge in [-0.15, -0.1) is 12.4 Å². The van der Waals surface area contributed by atoms with Crippen LogP contribution >= 0.6 is 12.4 Å². The standard InChI is InChI=1S/C27H31N3O3.ClH/c1-2-3-12-28-26(31)21-8-4-6-19(15-21)22-9-5-7-20-16-24(33-25(20)22)27(32)29-23-17-30-13-10-18(23)11-14-30;/h4-9,15-16,18,23H,2-3,10-14,17H2,1H3,(H,28,31)(H,29,32);1H/t23-;/m1./s1. The van der Waals surface area contributed by atoms with Gasteiger partial charge in [0.25, 0.3) is 11.8 Å². The summed E-state index contributed by atoms with van der Waals surface area (Å²) in [5.74, 6) is 0.668. The summed E-state index contributed by atoms with van der Waals surface area (Å²) in [5.41, 5.74) is 3.05. The summed E-state index contributed by atoms with van der Waals surface area (Å²) < 4.78 is 6.09. The Hall–Kier alpha value is -2.83. The van der Waals surface area contributed by atoms with E-state index in [0.29, 0.717) is 29.4 Å². The molecule has 2 amide bonds. The minimum atomic E-state index is -0.153. The second-order valence-electron chi connectivity index (χ2n) is 9.24. The van der Waals surface area contributed by atoms with E-state index >= 15 is 0 Å². The van der Waals surface area contributed by atoms with Gasteiger partial charge in [0.1, 0.15) is 5.58 Å². The monoisotopic (exact) mass is 481 g/mol. The molecule has 1 atom stereocenters. The minimum absolute atomic E-state index is 0. The highest BCUT2D eigenvalue weighted by Gasteiger charge is 2.35. The van der Waals surface area contributed by atoms with Crippen LogP contribution in [0.5, 0.6) is 0 Å². The molecule has 6 nitrogen and oxygen atoms in total. The molecule has 3 fully saturated rings. The first-order chi connectivity index (χ1) is 16.1. The summed E-state index contributed by atoms with van der Waals surface area (Å²) in [6, 6.07) is 15.4. The van der Waals surface area contributed by atoms with Crippen LogP contribution in [0.3, 0.4) is 0 Å². The highest BCUT2D eigenvalue weighted by molar-refractivity contribution is 6.01. The average molecular weight is 482 g/mol. The smallest absolute Gasteiger partial charge is 0.287 e. The number of benzene rings is 2. The van der Waals surface area contributed by atoms with Crippen LogP contribution in [0.25, 0.3) is 22.1 Å². The molecule has 2 aromatic carbocycles. The predicted octanol–water partition coefficient (Wildman–Crippen LogP) is 4.88. The van der Waals surface area contributed by atoms with Gasteiger partial charge in [-0.05, 0) is 62.0 Å². The lowest BCUT2D eigenvalue weighted by atomic mass is 9.84. The second-order valence-corrected chi connectivity index (χ2v) is 9.24. The van der Waals surface area contributed by atoms with Gasteiger partial charge in [-0.1, -0.05) is 43.7 Å². The summed E-state index contributed by atoms with van der Waals surface area (Å²) >= 11 is 0. The molecular formula is C27H32ClN3O3. The first-order valence-electron chi connectivity index (χ1n) is 12.1. The maximum absolute atomic E-state index is 13.0. The van der Waals surface area contributed by atoms with Crippen molar-refractivity contribution >= 4 is 35.2 Å². The van der Waals surface area contributed by atoms with Crippen LogP contribution in [0, 0.1) is 5.92 Å². The Morgan fingerprint density at radius 2 is 1.85 bits per heavy atom. The molecule has 0 aliphatic carbocycles. The fourth-order valence-electron chi connectivity index (χ4n) is 5.08. The molecule has 2 bridgehead atoms. The maximum Gasteiger partial charge on any atom is 0.287 e. The van der Waals surface area contributed by atoms with Gasteiger partial charge in [0, 0.05) is 35.6 Å². The number of carbonyl (C=O) groups excluding carboxylic acids is 2. The van der Waals surface area contributed by atoms with Crippen molar-refractivity contribution < 1.29 is 14.0 Å². The lowest BCUT2D eigenvalue weighted by Gasteiger charge is -2.44. The Morgan fingerprint density at radius 3 is 2.59 bits per heavy atom. The number of piperidine rings is 3. The zero-order valence-corrected chi connectivity index (χ0v) is 20.3. The highest BCUT2D eigenvalue weighted by atomic mass is 35.5. The largest absolute Gasteiger partial charge is 0.450 e. The maximum atomic E-state index is 13.0. The highest BCUT2D eigenvalue weighted by Crippen LogP contribution is 2.32. The Labute approximate surface area is 206 Å². The molecule has 34 heavy (non-hydrogen) atoms. The first-order valence-corrected chi connectivity index (χ1v) is 12.1. The number of nitrogens with one attached hydrogen (secondary N) is 2. The molecule has 7 heteroatoms. The number of unbranched alkanes of at least 4 members (excludes halogenated alkanes) is 1. The SMILES string of the molecule is CCCCNC(=O)c1cccc(-c2cccc3cc(C(=O)N[C@@H]4CN5CCC4CC5)oc23)c1.Cl. The number of hydrogen-bond acceptors (Lipinski definition) is 4. The molecule has 4 heterocycles. The van der Waals surface area contributed by atoms with Crippen LogP contribution in [-0.2, 0) is 0 Å². The van der Waals surface area contributed by atoms with Crippen LogP contribution in [0.2, 0.25) is 0 Å². The molecule has 2 N–H and O–H groups in total. The summed E-state index contributed by atoms with van der Waals surface area (Å²) in [6.07, 6.45) is 4.30. The number of fused-ring (bicyclic) bond motifs is 4. The zero-order valence-electron chi connectivity index (χ0n) is 19.5. The number of nitrogens with zero attached hydrogens (tertiary/aromatic N) is 1. The van der Waals surface area contributed by atoms with E-state index in [1.54, 1.807) is 0 Å². The van der Waals surface area contributed by atoms with Crippen LogP contribution in [0.4, 0.5) is 0 Å². The molecule has 0 radical (unpaired) electrons. The fraction of sp³-hybridized carbons (Fsp3) is 0.407. The number of furan rings is 1. The molecule has 0 unspecified atom stereocenters. The summed E-state index contributed by atoms with van der Waals surface area (Å²) in [5, 5.41) is 7.05. The van der Waals surface area contributed by atoms with E-state index < -0.39 is 0 Å². The van der Waals surface area contributed by atoms with Crippen molar-refractivity contribution in [2.45, 2.75) is 38.6 Å². The molecule has 3 aromatic rings. The van der Waals surface area contributed by atoms with Crippen molar-refractivity contribution in [2.24, 2.45) is 5.92 Å². The quantitative estimate of drug-likeness (QED) is 0.472. The molecule has 3 saturated heterocycles. The van der Waals surface area contributed by atoms with Gasteiger partial charge in [0.15, 0.2) is 5.76 Å². The van der Waals surface area contributed by atoms with Gasteiger partial charge in [-0.2, -0.15) is 0 Å². The molecule has 3 aliphatic rings. The summed E-state index contributed by atoms with van der Waals surface area (Å²) in [4.78, 5) is 27.9. The summed E-state index contributed by atoms with van der Waals surface area (Å²) in [6.45, 7) is 5.98. The number of hydrogen-bond donors (Lipinski definition) is 2.